The van der Waals surface area contributed by atoms with E-state index in [0.29, 0.717) is 24.6 Å². The summed E-state index contributed by atoms with van der Waals surface area (Å²) in [5, 5.41) is 0. The molecule has 5 heteroatoms. The van der Waals surface area contributed by atoms with E-state index in [2.05, 4.69) is 11.6 Å². The van der Waals surface area contributed by atoms with E-state index in [1.807, 2.05) is 16.8 Å². The molecular formula is C13H15FN2O2. The van der Waals surface area contributed by atoms with Gasteiger partial charge in [-0.1, -0.05) is 12.6 Å². The normalized spacial score (nSPS) is 20.1. The first-order valence-electron chi connectivity index (χ1n) is 5.83. The molecule has 0 aromatic carbocycles. The molecule has 0 aliphatic carbocycles. The lowest BCUT2D eigenvalue weighted by Gasteiger charge is -2.11. The SMILES string of the molecule is C=C(F)C(=O)/N=c1\ccccn1CC1CCOC1. The van der Waals surface area contributed by atoms with E-state index in [1.165, 1.54) is 0 Å². The number of carbonyl (C=O) groups excluding carboxylic acids is 1. The predicted octanol–water partition coefficient (Wildman–Crippen LogP) is 1.44. The van der Waals surface area contributed by atoms with E-state index in [-0.39, 0.29) is 0 Å². The Morgan fingerprint density at radius 3 is 3.11 bits per heavy atom. The number of rotatable bonds is 3. The Morgan fingerprint density at radius 2 is 2.44 bits per heavy atom. The summed E-state index contributed by atoms with van der Waals surface area (Å²) < 4.78 is 19.8. The van der Waals surface area contributed by atoms with Gasteiger partial charge in [0, 0.05) is 25.3 Å². The molecule has 0 spiro atoms. The molecule has 1 aromatic heterocycles. The van der Waals surface area contributed by atoms with Crippen LogP contribution in [-0.4, -0.2) is 23.7 Å². The Morgan fingerprint density at radius 1 is 1.61 bits per heavy atom. The Hall–Kier alpha value is -1.75. The van der Waals surface area contributed by atoms with Gasteiger partial charge in [-0.05, 0) is 18.6 Å². The first kappa shape index (κ1) is 12.7. The van der Waals surface area contributed by atoms with Crippen molar-refractivity contribution in [2.75, 3.05) is 13.2 Å². The van der Waals surface area contributed by atoms with Crippen LogP contribution in [0.25, 0.3) is 0 Å². The maximum Gasteiger partial charge on any atom is 0.307 e. The average Bonchev–Trinajstić information content (AvgIpc) is 2.84. The van der Waals surface area contributed by atoms with Crippen molar-refractivity contribution in [3.63, 3.8) is 0 Å². The Balaban J connectivity index is 2.24. The van der Waals surface area contributed by atoms with Crippen LogP contribution >= 0.6 is 0 Å². The van der Waals surface area contributed by atoms with Crippen molar-refractivity contribution >= 4 is 5.91 Å². The second kappa shape index (κ2) is 5.73. The Labute approximate surface area is 104 Å². The molecular weight excluding hydrogens is 235 g/mol. The summed E-state index contributed by atoms with van der Waals surface area (Å²) in [6.07, 6.45) is 2.82. The quantitative estimate of drug-likeness (QED) is 0.762. The van der Waals surface area contributed by atoms with Gasteiger partial charge in [0.15, 0.2) is 5.83 Å². The molecule has 1 atom stereocenters. The molecule has 1 saturated heterocycles. The number of nitrogens with zero attached hydrogens (tertiary/aromatic N) is 2. The molecule has 2 rings (SSSR count). The van der Waals surface area contributed by atoms with E-state index < -0.39 is 11.7 Å². The van der Waals surface area contributed by atoms with E-state index in [9.17, 15) is 9.18 Å². The van der Waals surface area contributed by atoms with Crippen LogP contribution < -0.4 is 5.49 Å². The molecule has 0 saturated carbocycles. The first-order valence-corrected chi connectivity index (χ1v) is 5.83. The third-order valence-electron chi connectivity index (χ3n) is 2.84. The molecule has 0 bridgehead atoms. The maximum absolute atomic E-state index is 12.7. The van der Waals surface area contributed by atoms with Gasteiger partial charge in [0.05, 0.1) is 6.61 Å². The predicted molar refractivity (Wildman–Crippen MR) is 64.2 cm³/mol. The van der Waals surface area contributed by atoms with Crippen LogP contribution in [0.3, 0.4) is 0 Å². The molecule has 2 heterocycles. The van der Waals surface area contributed by atoms with Crippen LogP contribution in [-0.2, 0) is 16.1 Å². The zero-order valence-corrected chi connectivity index (χ0v) is 10.0. The highest BCUT2D eigenvalue weighted by atomic mass is 19.1. The lowest BCUT2D eigenvalue weighted by atomic mass is 10.1. The topological polar surface area (TPSA) is 43.6 Å². The third-order valence-corrected chi connectivity index (χ3v) is 2.84. The van der Waals surface area contributed by atoms with Gasteiger partial charge in [-0.25, -0.2) is 4.39 Å². The van der Waals surface area contributed by atoms with Crippen LogP contribution in [0.1, 0.15) is 6.42 Å². The molecule has 18 heavy (non-hydrogen) atoms. The molecule has 1 unspecified atom stereocenters. The lowest BCUT2D eigenvalue weighted by molar-refractivity contribution is -0.116. The highest BCUT2D eigenvalue weighted by molar-refractivity contribution is 5.91. The number of amides is 1. The van der Waals surface area contributed by atoms with Gasteiger partial charge in [-0.2, -0.15) is 4.99 Å². The second-order valence-electron chi connectivity index (χ2n) is 4.26. The summed E-state index contributed by atoms with van der Waals surface area (Å²) in [6, 6.07) is 5.29. The molecule has 1 aliphatic heterocycles. The summed E-state index contributed by atoms with van der Waals surface area (Å²) in [4.78, 5) is 14.9. The highest BCUT2D eigenvalue weighted by Crippen LogP contribution is 2.13. The van der Waals surface area contributed by atoms with Crippen molar-refractivity contribution in [3.05, 3.63) is 42.3 Å². The Bertz CT molecular complexity index is 516. The Kier molecular flexibility index (Phi) is 4.04. The maximum atomic E-state index is 12.7. The van der Waals surface area contributed by atoms with Crippen LogP contribution in [0.15, 0.2) is 41.8 Å². The lowest BCUT2D eigenvalue weighted by Crippen LogP contribution is -2.25. The van der Waals surface area contributed by atoms with Crippen LogP contribution in [0.4, 0.5) is 4.39 Å². The number of pyridine rings is 1. The minimum Gasteiger partial charge on any atom is -0.381 e. The number of hydrogen-bond acceptors (Lipinski definition) is 2. The van der Waals surface area contributed by atoms with Gasteiger partial charge in [0.2, 0.25) is 0 Å². The first-order chi connectivity index (χ1) is 8.66. The molecule has 0 radical (unpaired) electrons. The fourth-order valence-corrected chi connectivity index (χ4v) is 1.89. The van der Waals surface area contributed by atoms with Crippen LogP contribution in [0.5, 0.6) is 0 Å². The van der Waals surface area contributed by atoms with Gasteiger partial charge in [0.25, 0.3) is 0 Å². The third kappa shape index (κ3) is 3.13. The number of halogens is 1. The van der Waals surface area contributed by atoms with E-state index in [0.717, 1.165) is 13.0 Å². The molecule has 1 aliphatic rings. The van der Waals surface area contributed by atoms with Crippen molar-refractivity contribution in [2.24, 2.45) is 10.9 Å². The average molecular weight is 250 g/mol. The summed E-state index contributed by atoms with van der Waals surface area (Å²) in [5.74, 6) is -1.57. The zero-order valence-electron chi connectivity index (χ0n) is 10.0. The van der Waals surface area contributed by atoms with Gasteiger partial charge < -0.3 is 9.30 Å². The van der Waals surface area contributed by atoms with Crippen molar-refractivity contribution in [1.82, 2.24) is 4.57 Å². The van der Waals surface area contributed by atoms with Crippen LogP contribution in [0, 0.1) is 5.92 Å². The highest BCUT2D eigenvalue weighted by Gasteiger charge is 2.16. The molecule has 1 aromatic rings. The summed E-state index contributed by atoms with van der Waals surface area (Å²) in [6.45, 7) is 5.14. The number of hydrogen-bond donors (Lipinski definition) is 0. The van der Waals surface area contributed by atoms with Gasteiger partial charge >= 0.3 is 5.91 Å². The fourth-order valence-electron chi connectivity index (χ4n) is 1.89. The summed E-state index contributed by atoms with van der Waals surface area (Å²) in [7, 11) is 0. The molecule has 96 valence electrons. The van der Waals surface area contributed by atoms with E-state index in [1.54, 1.807) is 12.1 Å². The van der Waals surface area contributed by atoms with Crippen molar-refractivity contribution < 1.29 is 13.9 Å². The monoisotopic (exact) mass is 250 g/mol. The fraction of sp³-hybridized carbons (Fsp3) is 0.385. The van der Waals surface area contributed by atoms with Gasteiger partial charge in [0.1, 0.15) is 5.49 Å². The smallest absolute Gasteiger partial charge is 0.307 e. The zero-order chi connectivity index (χ0) is 13.0. The summed E-state index contributed by atoms with van der Waals surface area (Å²) >= 11 is 0. The summed E-state index contributed by atoms with van der Waals surface area (Å²) in [5.41, 5.74) is 0.438. The number of carbonyl (C=O) groups is 1. The molecule has 1 amide bonds. The van der Waals surface area contributed by atoms with E-state index in [4.69, 9.17) is 4.74 Å². The van der Waals surface area contributed by atoms with Crippen LogP contribution in [0.2, 0.25) is 0 Å². The number of aromatic nitrogens is 1. The molecule has 4 nitrogen and oxygen atoms in total. The molecule has 1 fully saturated rings. The van der Waals surface area contributed by atoms with E-state index >= 15 is 0 Å². The van der Waals surface area contributed by atoms with Gasteiger partial charge in [-0.15, -0.1) is 0 Å². The second-order valence-corrected chi connectivity index (χ2v) is 4.26. The minimum absolute atomic E-state index is 0.412. The van der Waals surface area contributed by atoms with Crippen molar-refractivity contribution in [1.29, 1.82) is 0 Å². The standard InChI is InChI=1S/C13H15FN2O2/c1-10(14)13(17)15-12-4-2-3-6-16(12)8-11-5-7-18-9-11/h2-4,6,11H,1,5,7-9H2/b15-12+. The molecule has 0 N–H and O–H groups in total. The van der Waals surface area contributed by atoms with Crippen molar-refractivity contribution in [2.45, 2.75) is 13.0 Å². The largest absolute Gasteiger partial charge is 0.381 e. The van der Waals surface area contributed by atoms with Crippen molar-refractivity contribution in [3.8, 4) is 0 Å². The number of ether oxygens (including phenoxy) is 1. The minimum atomic E-state index is -1.05. The van der Waals surface area contributed by atoms with Gasteiger partial charge in [-0.3, -0.25) is 4.79 Å².